The number of unbranched alkanes of at least 4 members (excludes halogenated alkanes) is 15. The molecule has 0 aromatic carbocycles. The van der Waals surface area contributed by atoms with Crippen molar-refractivity contribution in [1.29, 1.82) is 0 Å². The van der Waals surface area contributed by atoms with Gasteiger partial charge in [-0.25, -0.2) is 0 Å². The highest BCUT2D eigenvalue weighted by Gasteiger charge is 2.16. The average molecular weight is 568 g/mol. The molecule has 0 saturated heterocycles. The van der Waals surface area contributed by atoms with Gasteiger partial charge in [0.15, 0.2) is 0 Å². The predicted molar refractivity (Wildman–Crippen MR) is 157 cm³/mol. The summed E-state index contributed by atoms with van der Waals surface area (Å²) in [6, 6.07) is 0. The van der Waals surface area contributed by atoms with E-state index in [2.05, 4.69) is 13.5 Å². The Morgan fingerprint density at radius 3 is 1.78 bits per heavy atom. The molecule has 7 nitrogen and oxygen atoms in total. The molecule has 222 valence electrons. The van der Waals surface area contributed by atoms with Crippen LogP contribution in [0.2, 0.25) is 0 Å². The van der Waals surface area contributed by atoms with Crippen LogP contribution in [0.15, 0.2) is 12.7 Å². The first-order valence-electron chi connectivity index (χ1n) is 14.7. The van der Waals surface area contributed by atoms with Gasteiger partial charge in [0.2, 0.25) is 0 Å². The molecule has 0 bridgehead atoms. The largest absolute Gasteiger partial charge is 0.389 e. The smallest absolute Gasteiger partial charge is 0.266 e. The van der Waals surface area contributed by atoms with Crippen LogP contribution in [0.1, 0.15) is 110 Å². The highest BCUT2D eigenvalue weighted by Crippen LogP contribution is 2.14. The zero-order valence-electron chi connectivity index (χ0n) is 23.6. The fourth-order valence-electron chi connectivity index (χ4n) is 4.32. The zero-order chi connectivity index (χ0) is 27.6. The number of ether oxygens (including phenoxy) is 1. The molecule has 2 N–H and O–H groups in total. The highest BCUT2D eigenvalue weighted by atomic mass is 32.2. The number of aliphatic hydroxyl groups is 1. The quantitative estimate of drug-likeness (QED) is 0.0674. The molecule has 0 aliphatic carbocycles. The van der Waals surface area contributed by atoms with Crippen LogP contribution in [0.4, 0.5) is 0 Å². The van der Waals surface area contributed by atoms with Crippen molar-refractivity contribution in [1.82, 2.24) is 4.90 Å². The molecule has 0 aromatic rings. The summed E-state index contributed by atoms with van der Waals surface area (Å²) in [5.41, 5.74) is 0. The van der Waals surface area contributed by atoms with Crippen LogP contribution >= 0.6 is 0 Å². The van der Waals surface area contributed by atoms with Crippen LogP contribution < -0.4 is 0 Å². The second-order valence-corrected chi connectivity index (χ2v) is 13.5. The Kier molecular flexibility index (Phi) is 25.7. The third kappa shape index (κ3) is 28.5. The summed E-state index contributed by atoms with van der Waals surface area (Å²) in [6.07, 6.45) is 21.7. The van der Waals surface area contributed by atoms with Crippen molar-refractivity contribution < 1.29 is 27.0 Å². The fourth-order valence-corrected chi connectivity index (χ4v) is 6.00. The van der Waals surface area contributed by atoms with Crippen LogP contribution in [-0.4, -0.2) is 83.4 Å². The van der Waals surface area contributed by atoms with Gasteiger partial charge in [0.1, 0.15) is 0 Å². The standard InChI is InChI=1S/C28H57NO6S2/c1-3-5-6-7-8-9-10-11-12-13-14-15-16-17-18-19-23-36(31)24-20-29(21-25-37(32,33)34)26-28(30)27-35-22-4-2/h4,28,30H,2-3,5-27H2,1H3,(H,32,33,34). The molecule has 0 spiro atoms. The monoisotopic (exact) mass is 567 g/mol. The summed E-state index contributed by atoms with van der Waals surface area (Å²) in [5, 5.41) is 10.1. The molecule has 37 heavy (non-hydrogen) atoms. The Bertz CT molecular complexity index is 645. The zero-order valence-corrected chi connectivity index (χ0v) is 25.3. The van der Waals surface area contributed by atoms with E-state index in [1.54, 1.807) is 11.0 Å². The Morgan fingerprint density at radius 2 is 1.32 bits per heavy atom. The van der Waals surface area contributed by atoms with E-state index in [-0.39, 0.29) is 19.7 Å². The molecule has 0 amide bonds. The second kappa shape index (κ2) is 25.9. The van der Waals surface area contributed by atoms with Gasteiger partial charge in [-0.3, -0.25) is 13.7 Å². The normalized spacial score (nSPS) is 13.7. The number of hydrogen-bond acceptors (Lipinski definition) is 6. The maximum absolute atomic E-state index is 12.4. The van der Waals surface area contributed by atoms with Crippen molar-refractivity contribution in [3.05, 3.63) is 12.7 Å². The lowest BCUT2D eigenvalue weighted by Crippen LogP contribution is -2.40. The van der Waals surface area contributed by atoms with Gasteiger partial charge in [-0.2, -0.15) is 8.42 Å². The lowest BCUT2D eigenvalue weighted by molar-refractivity contribution is 0.0284. The van der Waals surface area contributed by atoms with Crippen molar-refractivity contribution in [3.63, 3.8) is 0 Å². The lowest BCUT2D eigenvalue weighted by atomic mass is 10.0. The van der Waals surface area contributed by atoms with E-state index in [4.69, 9.17) is 9.29 Å². The Morgan fingerprint density at radius 1 is 0.838 bits per heavy atom. The van der Waals surface area contributed by atoms with E-state index in [1.165, 1.54) is 89.9 Å². The molecule has 2 unspecified atom stereocenters. The summed E-state index contributed by atoms with van der Waals surface area (Å²) >= 11 is 0. The summed E-state index contributed by atoms with van der Waals surface area (Å²) in [6.45, 7) is 6.92. The minimum absolute atomic E-state index is 0.0770. The minimum Gasteiger partial charge on any atom is -0.389 e. The van der Waals surface area contributed by atoms with Gasteiger partial charge in [-0.15, -0.1) is 6.58 Å². The van der Waals surface area contributed by atoms with Gasteiger partial charge in [0.25, 0.3) is 10.1 Å². The van der Waals surface area contributed by atoms with E-state index in [1.807, 2.05) is 0 Å². The van der Waals surface area contributed by atoms with Crippen LogP contribution in [0.25, 0.3) is 0 Å². The van der Waals surface area contributed by atoms with Crippen LogP contribution in [0.3, 0.4) is 0 Å². The molecule has 2 atom stereocenters. The number of nitrogens with zero attached hydrogens (tertiary/aromatic N) is 1. The molecule has 0 radical (unpaired) electrons. The van der Waals surface area contributed by atoms with Crippen molar-refractivity contribution in [2.45, 2.75) is 116 Å². The Balaban J connectivity index is 3.79. The van der Waals surface area contributed by atoms with Crippen LogP contribution in [0, 0.1) is 0 Å². The second-order valence-electron chi connectivity index (χ2n) is 10.2. The van der Waals surface area contributed by atoms with Crippen molar-refractivity contribution in [2.75, 3.05) is 50.1 Å². The highest BCUT2D eigenvalue weighted by molar-refractivity contribution is 7.85. The number of aliphatic hydroxyl groups excluding tert-OH is 1. The molecular formula is C28H57NO6S2. The third-order valence-electron chi connectivity index (χ3n) is 6.54. The van der Waals surface area contributed by atoms with Crippen LogP contribution in [0.5, 0.6) is 0 Å². The molecule has 0 fully saturated rings. The first kappa shape index (κ1) is 36.7. The Hall–Kier alpha value is -0.320. The molecule has 0 aliphatic heterocycles. The summed E-state index contributed by atoms with van der Waals surface area (Å²) < 4.78 is 48.9. The van der Waals surface area contributed by atoms with E-state index >= 15 is 0 Å². The predicted octanol–water partition coefficient (Wildman–Crippen LogP) is 5.75. The van der Waals surface area contributed by atoms with Gasteiger partial charge in [-0.1, -0.05) is 109 Å². The average Bonchev–Trinajstić information content (AvgIpc) is 2.85. The fraction of sp³-hybridized carbons (Fsp3) is 0.929. The van der Waals surface area contributed by atoms with E-state index in [0.29, 0.717) is 24.7 Å². The molecule has 0 aromatic heterocycles. The molecular weight excluding hydrogens is 510 g/mol. The van der Waals surface area contributed by atoms with Crippen molar-refractivity contribution in [2.24, 2.45) is 0 Å². The van der Waals surface area contributed by atoms with E-state index in [0.717, 1.165) is 12.8 Å². The topological polar surface area (TPSA) is 104 Å². The lowest BCUT2D eigenvalue weighted by Gasteiger charge is -2.24. The minimum atomic E-state index is -4.10. The third-order valence-corrected chi connectivity index (χ3v) is 8.62. The number of rotatable bonds is 29. The van der Waals surface area contributed by atoms with Gasteiger partial charge in [0.05, 0.1) is 25.1 Å². The maximum Gasteiger partial charge on any atom is 0.266 e. The van der Waals surface area contributed by atoms with Crippen molar-refractivity contribution in [3.8, 4) is 0 Å². The summed E-state index contributed by atoms with van der Waals surface area (Å²) in [5.74, 6) is 0.652. The molecule has 0 heterocycles. The van der Waals surface area contributed by atoms with Crippen molar-refractivity contribution >= 4 is 20.9 Å². The summed E-state index contributed by atoms with van der Waals surface area (Å²) in [4.78, 5) is 1.72. The molecule has 0 saturated carbocycles. The Labute approximate surface area is 231 Å². The number of hydrogen-bond donors (Lipinski definition) is 2. The van der Waals surface area contributed by atoms with Gasteiger partial charge >= 0.3 is 0 Å². The molecule has 0 rings (SSSR count). The first-order chi connectivity index (χ1) is 17.8. The van der Waals surface area contributed by atoms with Gasteiger partial charge < -0.3 is 9.84 Å². The molecule has 0 aliphatic rings. The van der Waals surface area contributed by atoms with Crippen LogP contribution in [-0.2, 0) is 25.7 Å². The van der Waals surface area contributed by atoms with E-state index < -0.39 is 32.8 Å². The summed E-state index contributed by atoms with van der Waals surface area (Å²) in [7, 11) is -5.08. The van der Waals surface area contributed by atoms with E-state index in [9.17, 15) is 17.7 Å². The van der Waals surface area contributed by atoms with Gasteiger partial charge in [-0.05, 0) is 6.42 Å². The first-order valence-corrected chi connectivity index (χ1v) is 17.8. The molecule has 9 heteroatoms. The van der Waals surface area contributed by atoms with Gasteiger partial charge in [0, 0.05) is 41.9 Å². The maximum atomic E-state index is 12.4. The SMILES string of the molecule is C=CCOCC(O)CN(CCS(=O)CCCCCCCCCCCCCCCCCC)CCS(=O)(=O)O.